The van der Waals surface area contributed by atoms with Gasteiger partial charge in [0.1, 0.15) is 18.0 Å². The van der Waals surface area contributed by atoms with E-state index in [0.717, 1.165) is 5.82 Å². The largest absolute Gasteiger partial charge is 0.367 e. The molecule has 2 N–H and O–H groups in total. The topological polar surface area (TPSA) is 73.6 Å². The lowest BCUT2D eigenvalue weighted by Gasteiger charge is -2.26. The first-order valence-electron chi connectivity index (χ1n) is 4.62. The van der Waals surface area contributed by atoms with Gasteiger partial charge in [0.25, 0.3) is 0 Å². The van der Waals surface area contributed by atoms with Crippen molar-refractivity contribution in [3.05, 3.63) is 12.4 Å². The van der Waals surface area contributed by atoms with Crippen LogP contribution in [-0.2, 0) is 0 Å². The zero-order valence-electron chi connectivity index (χ0n) is 7.70. The zero-order valence-corrected chi connectivity index (χ0v) is 7.70. The predicted octanol–water partition coefficient (Wildman–Crippen LogP) is 1.33. The second-order valence-corrected chi connectivity index (χ2v) is 3.30. The van der Waals surface area contributed by atoms with Crippen LogP contribution in [0.5, 0.6) is 0 Å². The van der Waals surface area contributed by atoms with Gasteiger partial charge in [0.05, 0.1) is 0 Å². The lowest BCUT2D eigenvalue weighted by Crippen LogP contribution is -2.27. The van der Waals surface area contributed by atoms with Gasteiger partial charge in [0, 0.05) is 12.1 Å². The molecule has 0 aromatic carbocycles. The van der Waals surface area contributed by atoms with Gasteiger partial charge in [-0.15, -0.1) is 0 Å². The van der Waals surface area contributed by atoms with Crippen molar-refractivity contribution in [2.24, 2.45) is 0 Å². The molecule has 1 aliphatic rings. The van der Waals surface area contributed by atoms with Crippen LogP contribution < -0.4 is 10.6 Å². The van der Waals surface area contributed by atoms with E-state index in [0.29, 0.717) is 11.9 Å². The maximum atomic E-state index is 8.41. The summed E-state index contributed by atoms with van der Waals surface area (Å²) in [4.78, 5) is 7.97. The van der Waals surface area contributed by atoms with Crippen molar-refractivity contribution < 1.29 is 0 Å². The van der Waals surface area contributed by atoms with Gasteiger partial charge in [-0.05, 0) is 19.3 Å². The van der Waals surface area contributed by atoms with Gasteiger partial charge >= 0.3 is 0 Å². The van der Waals surface area contributed by atoms with Gasteiger partial charge in [-0.2, -0.15) is 5.26 Å². The number of nitrogens with zero attached hydrogens (tertiary/aromatic N) is 3. The highest BCUT2D eigenvalue weighted by Gasteiger charge is 2.17. The van der Waals surface area contributed by atoms with Crippen LogP contribution in [0.25, 0.3) is 0 Å². The van der Waals surface area contributed by atoms with Crippen molar-refractivity contribution in [3.63, 3.8) is 0 Å². The molecule has 0 radical (unpaired) electrons. The summed E-state index contributed by atoms with van der Waals surface area (Å²) in [6.45, 7) is 0. The van der Waals surface area contributed by atoms with Gasteiger partial charge in [-0.1, -0.05) is 0 Å². The smallest absolute Gasteiger partial charge is 0.182 e. The van der Waals surface area contributed by atoms with Gasteiger partial charge in [-0.3, -0.25) is 5.32 Å². The van der Waals surface area contributed by atoms with Crippen LogP contribution >= 0.6 is 0 Å². The Kier molecular flexibility index (Phi) is 2.45. The Bertz CT molecular complexity index is 352. The van der Waals surface area contributed by atoms with Crippen LogP contribution in [0.2, 0.25) is 0 Å². The number of rotatable bonds is 3. The molecule has 0 aliphatic heterocycles. The molecule has 1 saturated carbocycles. The van der Waals surface area contributed by atoms with E-state index < -0.39 is 0 Å². The van der Waals surface area contributed by atoms with Crippen molar-refractivity contribution in [2.45, 2.75) is 25.3 Å². The first-order chi connectivity index (χ1) is 6.88. The molecule has 1 aromatic heterocycles. The van der Waals surface area contributed by atoms with Crippen LogP contribution in [-0.4, -0.2) is 16.0 Å². The fraction of sp³-hybridized carbons (Fsp3) is 0.444. The third kappa shape index (κ3) is 1.91. The van der Waals surface area contributed by atoms with Gasteiger partial charge in [-0.25, -0.2) is 9.97 Å². The second kappa shape index (κ2) is 3.92. The van der Waals surface area contributed by atoms with Crippen LogP contribution in [0.1, 0.15) is 19.3 Å². The SMILES string of the molecule is N#CNc1cc(NC2CCC2)ncn1. The van der Waals surface area contributed by atoms with Crippen molar-refractivity contribution >= 4 is 11.6 Å². The van der Waals surface area contributed by atoms with Crippen molar-refractivity contribution in [2.75, 3.05) is 10.6 Å². The molecule has 72 valence electrons. The van der Waals surface area contributed by atoms with Crippen LogP contribution in [0.3, 0.4) is 0 Å². The van der Waals surface area contributed by atoms with E-state index in [-0.39, 0.29) is 0 Å². The molecule has 1 aliphatic carbocycles. The third-order valence-corrected chi connectivity index (χ3v) is 2.31. The number of hydrogen-bond acceptors (Lipinski definition) is 5. The van der Waals surface area contributed by atoms with Crippen LogP contribution in [0.4, 0.5) is 11.6 Å². The monoisotopic (exact) mass is 189 g/mol. The molecule has 2 rings (SSSR count). The van der Waals surface area contributed by atoms with Crippen LogP contribution in [0.15, 0.2) is 12.4 Å². The van der Waals surface area contributed by atoms with Crippen molar-refractivity contribution in [1.29, 1.82) is 5.26 Å². The highest BCUT2D eigenvalue weighted by atomic mass is 15.1. The Labute approximate surface area is 82.2 Å². The Morgan fingerprint density at radius 2 is 2.14 bits per heavy atom. The minimum Gasteiger partial charge on any atom is -0.367 e. The van der Waals surface area contributed by atoms with E-state index in [4.69, 9.17) is 5.26 Å². The highest BCUT2D eigenvalue weighted by Crippen LogP contribution is 2.22. The molecular formula is C9H11N5. The Hall–Kier alpha value is -1.83. The van der Waals surface area contributed by atoms with E-state index in [2.05, 4.69) is 20.6 Å². The summed E-state index contributed by atoms with van der Waals surface area (Å²) in [6, 6.07) is 2.28. The number of nitriles is 1. The average Bonchev–Trinajstić information content (AvgIpc) is 2.13. The number of nitrogens with one attached hydrogen (secondary N) is 2. The van der Waals surface area contributed by atoms with Gasteiger partial charge in [0.2, 0.25) is 0 Å². The molecule has 5 nitrogen and oxygen atoms in total. The van der Waals surface area contributed by atoms with Crippen molar-refractivity contribution in [1.82, 2.24) is 9.97 Å². The summed E-state index contributed by atoms with van der Waals surface area (Å²) in [5.74, 6) is 1.31. The first kappa shape index (κ1) is 8.75. The maximum Gasteiger partial charge on any atom is 0.182 e. The summed E-state index contributed by atoms with van der Waals surface area (Å²) >= 11 is 0. The fourth-order valence-electron chi connectivity index (χ4n) is 1.32. The summed E-state index contributed by atoms with van der Waals surface area (Å²) in [7, 11) is 0. The predicted molar refractivity (Wildman–Crippen MR) is 52.5 cm³/mol. The van der Waals surface area contributed by atoms with E-state index in [1.807, 2.05) is 6.19 Å². The van der Waals surface area contributed by atoms with Gasteiger partial charge < -0.3 is 5.32 Å². The molecule has 1 heterocycles. The van der Waals surface area contributed by atoms with Crippen molar-refractivity contribution in [3.8, 4) is 6.19 Å². The molecule has 0 amide bonds. The van der Waals surface area contributed by atoms with E-state index >= 15 is 0 Å². The molecule has 5 heteroatoms. The number of hydrogen-bond donors (Lipinski definition) is 2. The summed E-state index contributed by atoms with van der Waals surface area (Å²) in [5.41, 5.74) is 0. The molecule has 0 atom stereocenters. The molecule has 14 heavy (non-hydrogen) atoms. The maximum absolute atomic E-state index is 8.41. The zero-order chi connectivity index (χ0) is 9.80. The third-order valence-electron chi connectivity index (χ3n) is 2.31. The Balaban J connectivity index is 2.02. The molecule has 1 aromatic rings. The standard InChI is InChI=1S/C9H11N5/c10-5-11-8-4-9(13-6-12-8)14-7-2-1-3-7/h4,6-7H,1-3H2,(H2,11,12,13,14). The Morgan fingerprint density at radius 3 is 2.79 bits per heavy atom. The average molecular weight is 189 g/mol. The summed E-state index contributed by atoms with van der Waals surface area (Å²) in [6.07, 6.45) is 6.95. The first-order valence-corrected chi connectivity index (χ1v) is 4.62. The molecule has 1 fully saturated rings. The summed E-state index contributed by atoms with van der Waals surface area (Å²) < 4.78 is 0. The Morgan fingerprint density at radius 1 is 1.36 bits per heavy atom. The quantitative estimate of drug-likeness (QED) is 0.554. The number of anilines is 2. The number of aromatic nitrogens is 2. The van der Waals surface area contributed by atoms with E-state index in [1.54, 1.807) is 6.07 Å². The van der Waals surface area contributed by atoms with Gasteiger partial charge in [0.15, 0.2) is 6.19 Å². The lowest BCUT2D eigenvalue weighted by molar-refractivity contribution is 0.444. The minimum absolute atomic E-state index is 0.532. The minimum atomic E-state index is 0.532. The molecule has 0 bridgehead atoms. The molecule has 0 spiro atoms. The molecule has 0 unspecified atom stereocenters. The lowest BCUT2D eigenvalue weighted by atomic mass is 9.93. The van der Waals surface area contributed by atoms with Crippen LogP contribution in [0, 0.1) is 11.5 Å². The van der Waals surface area contributed by atoms with E-state index in [1.165, 1.54) is 25.6 Å². The van der Waals surface area contributed by atoms with E-state index in [9.17, 15) is 0 Å². The molecule has 0 saturated heterocycles. The summed E-state index contributed by atoms with van der Waals surface area (Å²) in [5, 5.41) is 14.2. The fourth-order valence-corrected chi connectivity index (χ4v) is 1.32. The highest BCUT2D eigenvalue weighted by molar-refractivity contribution is 5.48. The normalized spacial score (nSPS) is 15.4. The second-order valence-electron chi connectivity index (χ2n) is 3.30. The molecular weight excluding hydrogens is 178 g/mol.